The number of hydrogen-bond acceptors (Lipinski definition) is 7. The average Bonchev–Trinajstić information content (AvgIpc) is 3.41. The second kappa shape index (κ2) is 8.79. The summed E-state index contributed by atoms with van der Waals surface area (Å²) in [6, 6.07) is 13.5. The number of amides is 1. The SMILES string of the molecule is Cc1ccc2nc(-c3ccc(N4C(=NC(=O)CCC(=O)O)S[C@H]5CS(=O)(=O)C[C@H]54)cc3)sc2c1. The van der Waals surface area contributed by atoms with Crippen molar-refractivity contribution in [1.82, 2.24) is 4.98 Å². The topological polar surface area (TPSA) is 117 Å². The van der Waals surface area contributed by atoms with E-state index in [1.165, 1.54) is 17.3 Å². The Balaban J connectivity index is 1.45. The van der Waals surface area contributed by atoms with Crippen LogP contribution >= 0.6 is 23.1 Å². The van der Waals surface area contributed by atoms with E-state index in [0.717, 1.165) is 26.5 Å². The Kier molecular flexibility index (Phi) is 5.95. The Morgan fingerprint density at radius 1 is 1.15 bits per heavy atom. The van der Waals surface area contributed by atoms with Crippen molar-refractivity contribution in [3.8, 4) is 10.6 Å². The van der Waals surface area contributed by atoms with Crippen LogP contribution in [0.5, 0.6) is 0 Å². The van der Waals surface area contributed by atoms with E-state index in [1.54, 1.807) is 11.3 Å². The highest BCUT2D eigenvalue weighted by molar-refractivity contribution is 8.16. The molecule has 0 saturated carbocycles. The smallest absolute Gasteiger partial charge is 0.303 e. The maximum atomic E-state index is 12.3. The number of nitrogens with zero attached hydrogens (tertiary/aromatic N) is 3. The number of aromatic nitrogens is 1. The Labute approximate surface area is 204 Å². The highest BCUT2D eigenvalue weighted by Gasteiger charge is 2.49. The number of rotatable bonds is 5. The first-order valence-corrected chi connectivity index (χ1v) is 14.2. The lowest BCUT2D eigenvalue weighted by molar-refractivity contribution is -0.138. The molecule has 0 spiro atoms. The highest BCUT2D eigenvalue weighted by atomic mass is 32.2. The fraction of sp³-hybridized carbons (Fsp3) is 0.304. The molecule has 3 aromatic rings. The second-order valence-electron chi connectivity index (χ2n) is 8.39. The fourth-order valence-electron chi connectivity index (χ4n) is 4.16. The van der Waals surface area contributed by atoms with Gasteiger partial charge in [-0.25, -0.2) is 13.4 Å². The molecular weight excluding hydrogens is 494 g/mol. The lowest BCUT2D eigenvalue weighted by Crippen LogP contribution is -2.37. The number of fused-ring (bicyclic) bond motifs is 2. The Bertz CT molecular complexity index is 1430. The number of carboxylic acids is 1. The van der Waals surface area contributed by atoms with Crippen LogP contribution in [0.15, 0.2) is 47.5 Å². The van der Waals surface area contributed by atoms with Gasteiger partial charge in [0.2, 0.25) is 5.91 Å². The van der Waals surface area contributed by atoms with Gasteiger partial charge in [0.25, 0.3) is 0 Å². The van der Waals surface area contributed by atoms with E-state index in [9.17, 15) is 18.0 Å². The zero-order valence-electron chi connectivity index (χ0n) is 18.2. The quantitative estimate of drug-likeness (QED) is 0.546. The number of benzene rings is 2. The number of thiazole rings is 1. The molecule has 1 amide bonds. The number of amidine groups is 1. The van der Waals surface area contributed by atoms with Gasteiger partial charge in [-0.15, -0.1) is 11.3 Å². The van der Waals surface area contributed by atoms with Gasteiger partial charge >= 0.3 is 5.97 Å². The number of carbonyl (C=O) groups excluding carboxylic acids is 1. The molecule has 0 unspecified atom stereocenters. The molecule has 0 aliphatic carbocycles. The first-order valence-electron chi connectivity index (χ1n) is 10.7. The van der Waals surface area contributed by atoms with Crippen molar-refractivity contribution >= 4 is 65.9 Å². The molecule has 2 aliphatic rings. The van der Waals surface area contributed by atoms with E-state index in [-0.39, 0.29) is 35.6 Å². The molecule has 2 fully saturated rings. The van der Waals surface area contributed by atoms with Crippen molar-refractivity contribution in [3.63, 3.8) is 0 Å². The number of aliphatic carboxylic acids is 1. The fourth-order valence-corrected chi connectivity index (χ4v) is 9.16. The van der Waals surface area contributed by atoms with Crippen LogP contribution in [0.2, 0.25) is 0 Å². The molecule has 0 bridgehead atoms. The molecule has 2 atom stereocenters. The van der Waals surface area contributed by atoms with Crippen LogP contribution in [0.25, 0.3) is 20.8 Å². The summed E-state index contributed by atoms with van der Waals surface area (Å²) < 4.78 is 25.6. The minimum atomic E-state index is -3.18. The van der Waals surface area contributed by atoms with Gasteiger partial charge in [0.05, 0.1) is 34.2 Å². The normalized spacial score (nSPS) is 22.4. The van der Waals surface area contributed by atoms with Gasteiger partial charge in [-0.3, -0.25) is 9.59 Å². The predicted octanol–water partition coefficient (Wildman–Crippen LogP) is 3.74. The summed E-state index contributed by atoms with van der Waals surface area (Å²) in [6.07, 6.45) is -0.491. The van der Waals surface area contributed by atoms with Crippen LogP contribution < -0.4 is 4.90 Å². The standard InChI is InChI=1S/C23H21N3O5S3/c1-13-2-7-16-18(10-13)32-22(24-16)14-3-5-15(6-4-14)26-17-11-34(30,31)12-19(17)33-23(26)25-20(27)8-9-21(28)29/h2-7,10,17,19H,8-9,11-12H2,1H3,(H,28,29)/t17-,19+/m1/s1. The van der Waals surface area contributed by atoms with Crippen LogP contribution in [-0.4, -0.2) is 58.3 Å². The van der Waals surface area contributed by atoms with Crippen LogP contribution in [0, 0.1) is 6.92 Å². The number of thioether (sulfide) groups is 1. The third kappa shape index (κ3) is 4.59. The third-order valence-electron chi connectivity index (χ3n) is 5.78. The van der Waals surface area contributed by atoms with Crippen molar-refractivity contribution in [2.24, 2.45) is 4.99 Å². The first-order chi connectivity index (χ1) is 16.2. The van der Waals surface area contributed by atoms with E-state index in [0.29, 0.717) is 5.17 Å². The average molecular weight is 516 g/mol. The Morgan fingerprint density at radius 2 is 1.91 bits per heavy atom. The van der Waals surface area contributed by atoms with Crippen LogP contribution in [0.4, 0.5) is 5.69 Å². The van der Waals surface area contributed by atoms with Gasteiger partial charge in [-0.05, 0) is 48.9 Å². The molecule has 5 rings (SSSR count). The maximum absolute atomic E-state index is 12.3. The van der Waals surface area contributed by atoms with E-state index in [2.05, 4.69) is 11.1 Å². The summed E-state index contributed by atoms with van der Waals surface area (Å²) in [5, 5.41) is 9.93. The summed E-state index contributed by atoms with van der Waals surface area (Å²) in [6.45, 7) is 2.05. The van der Waals surface area contributed by atoms with Crippen molar-refractivity contribution < 1.29 is 23.1 Å². The van der Waals surface area contributed by atoms with Crippen molar-refractivity contribution in [2.45, 2.75) is 31.1 Å². The van der Waals surface area contributed by atoms with E-state index in [4.69, 9.17) is 10.1 Å². The molecule has 2 aliphatic heterocycles. The number of carboxylic acid groups (broad SMARTS) is 1. The van der Waals surface area contributed by atoms with Gasteiger partial charge in [0.1, 0.15) is 5.01 Å². The maximum Gasteiger partial charge on any atom is 0.303 e. The predicted molar refractivity (Wildman–Crippen MR) is 135 cm³/mol. The zero-order chi connectivity index (χ0) is 24.0. The molecule has 176 valence electrons. The van der Waals surface area contributed by atoms with Crippen LogP contribution in [0.1, 0.15) is 18.4 Å². The third-order valence-corrected chi connectivity index (χ3v) is 10.1. The van der Waals surface area contributed by atoms with E-state index in [1.807, 2.05) is 48.2 Å². The van der Waals surface area contributed by atoms with Crippen LogP contribution in [-0.2, 0) is 19.4 Å². The zero-order valence-corrected chi connectivity index (χ0v) is 20.6. The van der Waals surface area contributed by atoms with E-state index < -0.39 is 21.7 Å². The molecule has 1 N–H and O–H groups in total. The minimum Gasteiger partial charge on any atom is -0.481 e. The summed E-state index contributed by atoms with van der Waals surface area (Å²) >= 11 is 2.88. The molecule has 11 heteroatoms. The van der Waals surface area contributed by atoms with Crippen molar-refractivity contribution in [2.75, 3.05) is 16.4 Å². The number of aliphatic imine (C=N–C) groups is 1. The summed E-state index contributed by atoms with van der Waals surface area (Å²) in [5.41, 5.74) is 3.80. The second-order valence-corrected chi connectivity index (χ2v) is 12.8. The monoisotopic (exact) mass is 515 g/mol. The first kappa shape index (κ1) is 23.0. The summed E-state index contributed by atoms with van der Waals surface area (Å²) in [5.74, 6) is -1.57. The lowest BCUT2D eigenvalue weighted by Gasteiger charge is -2.24. The molecule has 0 radical (unpaired) electrons. The number of carbonyl (C=O) groups is 2. The van der Waals surface area contributed by atoms with Gasteiger partial charge in [-0.2, -0.15) is 4.99 Å². The largest absolute Gasteiger partial charge is 0.481 e. The molecule has 34 heavy (non-hydrogen) atoms. The Morgan fingerprint density at radius 3 is 2.65 bits per heavy atom. The molecule has 1 aromatic heterocycles. The van der Waals surface area contributed by atoms with Crippen LogP contribution in [0.3, 0.4) is 0 Å². The van der Waals surface area contributed by atoms with Crippen molar-refractivity contribution in [3.05, 3.63) is 48.0 Å². The number of anilines is 1. The number of sulfone groups is 1. The molecular formula is C23H21N3O5S3. The molecule has 2 saturated heterocycles. The number of aryl methyl sites for hydroxylation is 1. The van der Waals surface area contributed by atoms with Gasteiger partial charge < -0.3 is 10.0 Å². The minimum absolute atomic E-state index is 0.00796. The van der Waals surface area contributed by atoms with E-state index >= 15 is 0 Å². The van der Waals surface area contributed by atoms with Gasteiger partial charge in [0.15, 0.2) is 15.0 Å². The van der Waals surface area contributed by atoms with Gasteiger partial charge in [-0.1, -0.05) is 17.8 Å². The highest BCUT2D eigenvalue weighted by Crippen LogP contribution is 2.41. The molecule has 8 nitrogen and oxygen atoms in total. The lowest BCUT2D eigenvalue weighted by atomic mass is 10.1. The molecule has 2 aromatic carbocycles. The van der Waals surface area contributed by atoms with Crippen molar-refractivity contribution in [1.29, 1.82) is 0 Å². The summed E-state index contributed by atoms with van der Waals surface area (Å²) in [4.78, 5) is 33.7. The van der Waals surface area contributed by atoms with Gasteiger partial charge in [0, 0.05) is 22.9 Å². The Hall–Kier alpha value is -2.76. The number of hydrogen-bond donors (Lipinski definition) is 1. The summed E-state index contributed by atoms with van der Waals surface area (Å²) in [7, 11) is -3.18. The molecule has 3 heterocycles.